The number of nitrogen functional groups attached to an aromatic ring is 2. The number of anilines is 2. The number of aromatic nitrogens is 4. The third-order valence-electron chi connectivity index (χ3n) is 5.53. The van der Waals surface area contributed by atoms with Gasteiger partial charge in [-0.05, 0) is 55.7 Å². The Morgan fingerprint density at radius 3 is 2.32 bits per heavy atom. The summed E-state index contributed by atoms with van der Waals surface area (Å²) in [4.78, 5) is 48.6. The molecule has 3 rings (SSSR count). The molecule has 7 N–H and O–H groups in total. The van der Waals surface area contributed by atoms with Crippen molar-refractivity contribution in [2.24, 2.45) is 5.92 Å². The second kappa shape index (κ2) is 13.7. The van der Waals surface area contributed by atoms with Crippen molar-refractivity contribution in [3.63, 3.8) is 0 Å². The number of hydrogen-bond donors (Lipinski definition) is 5. The van der Waals surface area contributed by atoms with E-state index >= 15 is 0 Å². The van der Waals surface area contributed by atoms with Crippen molar-refractivity contribution in [2.75, 3.05) is 11.5 Å². The number of hydrogen-bond acceptors (Lipinski definition) is 9. The maximum absolute atomic E-state index is 12.5. The van der Waals surface area contributed by atoms with Gasteiger partial charge in [0.1, 0.15) is 0 Å². The lowest BCUT2D eigenvalue weighted by molar-refractivity contribution is -0.137. The number of carboxylic acids is 1. The van der Waals surface area contributed by atoms with Gasteiger partial charge in [0.15, 0.2) is 17.0 Å². The number of aliphatic carboxylic acids is 1. The van der Waals surface area contributed by atoms with Gasteiger partial charge in [-0.1, -0.05) is 26.0 Å². The maximum atomic E-state index is 12.5. The Labute approximate surface area is 214 Å². The van der Waals surface area contributed by atoms with Gasteiger partial charge >= 0.3 is 5.97 Å². The molecule has 198 valence electrons. The summed E-state index contributed by atoms with van der Waals surface area (Å²) >= 11 is 0. The number of rotatable bonds is 10. The average Bonchev–Trinajstić information content (AvgIpc) is 2.83. The van der Waals surface area contributed by atoms with Crippen LogP contribution in [0.1, 0.15) is 67.6 Å². The summed E-state index contributed by atoms with van der Waals surface area (Å²) < 4.78 is 0. The molecule has 2 aromatic heterocycles. The molecule has 0 aliphatic carbocycles. The van der Waals surface area contributed by atoms with E-state index in [9.17, 15) is 9.59 Å². The molecule has 2 heterocycles. The van der Waals surface area contributed by atoms with E-state index in [2.05, 4.69) is 39.1 Å². The molecule has 1 aromatic carbocycles. The summed E-state index contributed by atoms with van der Waals surface area (Å²) in [6.07, 6.45) is 3.64. The summed E-state index contributed by atoms with van der Waals surface area (Å²) in [5, 5.41) is 18.5. The number of carbonyl (C=O) groups excluding carboxylic acids is 1. The monoisotopic (exact) mass is 511 g/mol. The van der Waals surface area contributed by atoms with Crippen LogP contribution < -0.4 is 16.8 Å². The Kier molecular flexibility index (Phi) is 10.7. The fourth-order valence-corrected chi connectivity index (χ4v) is 3.87. The number of fused-ring (bicyclic) bond motifs is 1. The zero-order valence-electron chi connectivity index (χ0n) is 21.1. The molecule has 3 aromatic rings. The normalized spacial score (nSPS) is 12.3. The number of nitrogens with two attached hydrogens (primary N) is 2. The zero-order valence-corrected chi connectivity index (χ0v) is 21.1. The topological polar surface area (TPSA) is 207 Å². The molecular formula is C25H33N7O5. The highest BCUT2D eigenvalue weighted by molar-refractivity contribution is 5.94. The molecule has 37 heavy (non-hydrogen) atoms. The van der Waals surface area contributed by atoms with E-state index in [4.69, 9.17) is 26.5 Å². The summed E-state index contributed by atoms with van der Waals surface area (Å²) in [6.45, 7) is 5.87. The second-order valence-electron chi connectivity index (χ2n) is 9.07. The van der Waals surface area contributed by atoms with Gasteiger partial charge in [0.25, 0.3) is 12.4 Å². The molecule has 0 fully saturated rings. The molecule has 12 heteroatoms. The molecule has 1 unspecified atom stereocenters. The minimum absolute atomic E-state index is 0.0140. The SMILES string of the molecule is CC(C)CC(Cc1cnc2nc(N)nc(N)c2n1)c1ccc(C(=O)N[C@H](C)CCC(=O)O)cc1.O=CO. The molecule has 0 bridgehead atoms. The number of nitrogens with zero attached hydrogens (tertiary/aromatic N) is 4. The smallest absolute Gasteiger partial charge is 0.303 e. The van der Waals surface area contributed by atoms with E-state index < -0.39 is 5.97 Å². The summed E-state index contributed by atoms with van der Waals surface area (Å²) in [7, 11) is 0. The van der Waals surface area contributed by atoms with Gasteiger partial charge in [-0.3, -0.25) is 14.4 Å². The van der Waals surface area contributed by atoms with Gasteiger partial charge in [-0.2, -0.15) is 9.97 Å². The Balaban J connectivity index is 0.00000153. The van der Waals surface area contributed by atoms with Gasteiger partial charge in [-0.25, -0.2) is 9.97 Å². The Hall–Kier alpha value is -4.35. The fourth-order valence-electron chi connectivity index (χ4n) is 3.87. The number of amides is 1. The van der Waals surface area contributed by atoms with Crippen LogP contribution >= 0.6 is 0 Å². The van der Waals surface area contributed by atoms with Crippen molar-refractivity contribution in [3.8, 4) is 0 Å². The van der Waals surface area contributed by atoms with Gasteiger partial charge in [0, 0.05) is 18.0 Å². The van der Waals surface area contributed by atoms with Crippen molar-refractivity contribution in [3.05, 3.63) is 47.3 Å². The molecule has 1 amide bonds. The van der Waals surface area contributed by atoms with Crippen LogP contribution in [0.4, 0.5) is 11.8 Å². The van der Waals surface area contributed by atoms with Crippen molar-refractivity contribution in [2.45, 2.75) is 58.4 Å². The van der Waals surface area contributed by atoms with E-state index in [0.717, 1.165) is 17.7 Å². The third-order valence-corrected chi connectivity index (χ3v) is 5.53. The van der Waals surface area contributed by atoms with Crippen LogP contribution in [0.2, 0.25) is 0 Å². The summed E-state index contributed by atoms with van der Waals surface area (Å²) in [5.74, 6) is -0.230. The highest BCUT2D eigenvalue weighted by Gasteiger charge is 2.18. The number of nitrogens with one attached hydrogen (secondary N) is 1. The van der Waals surface area contributed by atoms with E-state index in [1.807, 2.05) is 12.1 Å². The van der Waals surface area contributed by atoms with Crippen LogP contribution in [0.15, 0.2) is 30.5 Å². The molecule has 0 spiro atoms. The van der Waals surface area contributed by atoms with E-state index in [1.54, 1.807) is 25.3 Å². The number of carbonyl (C=O) groups is 3. The van der Waals surface area contributed by atoms with E-state index in [-0.39, 0.29) is 42.5 Å². The first-order valence-corrected chi connectivity index (χ1v) is 11.8. The molecule has 12 nitrogen and oxygen atoms in total. The van der Waals surface area contributed by atoms with Gasteiger partial charge < -0.3 is 27.0 Å². The first-order chi connectivity index (χ1) is 17.5. The first-order valence-electron chi connectivity index (χ1n) is 11.8. The van der Waals surface area contributed by atoms with Crippen molar-refractivity contribution < 1.29 is 24.6 Å². The Morgan fingerprint density at radius 1 is 1.08 bits per heavy atom. The lowest BCUT2D eigenvalue weighted by atomic mass is 9.86. The zero-order chi connectivity index (χ0) is 27.5. The van der Waals surface area contributed by atoms with Crippen LogP contribution in [-0.4, -0.2) is 54.5 Å². The first kappa shape index (κ1) is 28.9. The highest BCUT2D eigenvalue weighted by atomic mass is 16.4. The minimum atomic E-state index is -0.878. The van der Waals surface area contributed by atoms with Crippen LogP contribution in [0.5, 0.6) is 0 Å². The minimum Gasteiger partial charge on any atom is -0.483 e. The molecule has 0 aliphatic rings. The van der Waals surface area contributed by atoms with Gasteiger partial charge in [0.05, 0.1) is 11.9 Å². The predicted molar refractivity (Wildman–Crippen MR) is 139 cm³/mol. The lowest BCUT2D eigenvalue weighted by Gasteiger charge is -2.20. The molecule has 2 atom stereocenters. The standard InChI is InChI=1S/C24H31N7O3.CH2O2/c1-13(2)10-17(11-18-12-27-22-20(29-18)21(25)30-24(26)31-22)15-5-7-16(8-6-15)23(34)28-14(3)4-9-19(32)33;2-1-3/h5-8,12-14,17H,4,9-11H2,1-3H3,(H,28,34)(H,32,33)(H4,25,26,27,30,31);1H,(H,2,3)/t14-,17?;/m1./s1. The average molecular weight is 512 g/mol. The lowest BCUT2D eigenvalue weighted by Crippen LogP contribution is -2.32. The largest absolute Gasteiger partial charge is 0.483 e. The molecule has 0 saturated carbocycles. The van der Waals surface area contributed by atoms with E-state index in [1.165, 1.54) is 0 Å². The summed E-state index contributed by atoms with van der Waals surface area (Å²) in [6, 6.07) is 7.27. The Morgan fingerprint density at radius 2 is 1.73 bits per heavy atom. The maximum Gasteiger partial charge on any atom is 0.303 e. The molecule has 0 aliphatic heterocycles. The molecule has 0 radical (unpaired) electrons. The molecular weight excluding hydrogens is 478 g/mol. The van der Waals surface area contributed by atoms with Crippen molar-refractivity contribution in [1.82, 2.24) is 25.3 Å². The van der Waals surface area contributed by atoms with Crippen LogP contribution in [-0.2, 0) is 16.0 Å². The van der Waals surface area contributed by atoms with Crippen LogP contribution in [0.25, 0.3) is 11.2 Å². The highest BCUT2D eigenvalue weighted by Crippen LogP contribution is 2.28. The molecule has 0 saturated heterocycles. The van der Waals surface area contributed by atoms with Crippen LogP contribution in [0.3, 0.4) is 0 Å². The Bertz CT molecular complexity index is 1220. The van der Waals surface area contributed by atoms with E-state index in [0.29, 0.717) is 35.5 Å². The number of benzene rings is 1. The number of carboxylic acid groups (broad SMARTS) is 2. The van der Waals surface area contributed by atoms with Gasteiger partial charge in [-0.15, -0.1) is 0 Å². The quantitative estimate of drug-likeness (QED) is 0.250. The van der Waals surface area contributed by atoms with Crippen molar-refractivity contribution >= 4 is 41.3 Å². The van der Waals surface area contributed by atoms with Crippen molar-refractivity contribution in [1.29, 1.82) is 0 Å². The predicted octanol–water partition coefficient (Wildman–Crippen LogP) is 2.64. The summed E-state index contributed by atoms with van der Waals surface area (Å²) in [5.41, 5.74) is 14.8. The van der Waals surface area contributed by atoms with Crippen LogP contribution in [0, 0.1) is 5.92 Å². The second-order valence-corrected chi connectivity index (χ2v) is 9.07. The third kappa shape index (κ3) is 8.98. The fraction of sp³-hybridized carbons (Fsp3) is 0.400. The van der Waals surface area contributed by atoms with Gasteiger partial charge in [0.2, 0.25) is 5.95 Å².